The second kappa shape index (κ2) is 10.4. The van der Waals surface area contributed by atoms with Crippen LogP contribution in [0.3, 0.4) is 0 Å². The zero-order valence-electron chi connectivity index (χ0n) is 18.0. The number of amides is 3. The SMILES string of the molecule is CCCCN(Cc1ccc(C(=O)NCCN2CCNC2=O)cc1)c1nc(C)c(C)s1. The molecular weight excluding hydrogens is 398 g/mol. The van der Waals surface area contributed by atoms with E-state index in [4.69, 9.17) is 4.98 Å². The Hall–Kier alpha value is -2.61. The van der Waals surface area contributed by atoms with Gasteiger partial charge in [-0.25, -0.2) is 9.78 Å². The molecular formula is C22H31N5O2S. The van der Waals surface area contributed by atoms with Crippen molar-refractivity contribution in [1.29, 1.82) is 0 Å². The fraction of sp³-hybridized carbons (Fsp3) is 0.500. The number of hydrogen-bond acceptors (Lipinski definition) is 5. The molecule has 0 saturated carbocycles. The van der Waals surface area contributed by atoms with Crippen molar-refractivity contribution >= 4 is 28.4 Å². The van der Waals surface area contributed by atoms with Gasteiger partial charge in [-0.2, -0.15) is 0 Å². The van der Waals surface area contributed by atoms with E-state index < -0.39 is 0 Å². The van der Waals surface area contributed by atoms with E-state index in [-0.39, 0.29) is 11.9 Å². The molecule has 0 aliphatic carbocycles. The molecule has 0 unspecified atom stereocenters. The summed E-state index contributed by atoms with van der Waals surface area (Å²) in [5.41, 5.74) is 2.88. The highest BCUT2D eigenvalue weighted by Gasteiger charge is 2.19. The van der Waals surface area contributed by atoms with Crippen molar-refractivity contribution in [2.75, 3.05) is 37.6 Å². The van der Waals surface area contributed by atoms with Crippen LogP contribution in [0, 0.1) is 13.8 Å². The van der Waals surface area contributed by atoms with Crippen LogP contribution in [-0.2, 0) is 6.54 Å². The average Bonchev–Trinajstić information content (AvgIpc) is 3.30. The van der Waals surface area contributed by atoms with E-state index in [1.807, 2.05) is 24.3 Å². The molecule has 2 N–H and O–H groups in total. The number of aromatic nitrogens is 1. The Balaban J connectivity index is 1.56. The molecule has 3 rings (SSSR count). The Morgan fingerprint density at radius 3 is 2.67 bits per heavy atom. The standard InChI is InChI=1S/C22H31N5O2S/c1-4-5-12-27(22-25-16(2)17(3)30-22)15-18-6-8-19(9-7-18)20(28)23-10-13-26-14-11-24-21(26)29/h6-9H,4-5,10-15H2,1-3H3,(H,23,28)(H,24,29). The highest BCUT2D eigenvalue weighted by atomic mass is 32.1. The molecule has 1 saturated heterocycles. The summed E-state index contributed by atoms with van der Waals surface area (Å²) >= 11 is 1.74. The monoisotopic (exact) mass is 429 g/mol. The van der Waals surface area contributed by atoms with Crippen molar-refractivity contribution in [3.63, 3.8) is 0 Å². The third kappa shape index (κ3) is 5.72. The van der Waals surface area contributed by atoms with E-state index in [1.54, 1.807) is 16.2 Å². The van der Waals surface area contributed by atoms with Gasteiger partial charge in [-0.3, -0.25) is 4.79 Å². The predicted octanol–water partition coefficient (Wildman–Crippen LogP) is 3.32. The minimum absolute atomic E-state index is 0.0631. The molecule has 2 aromatic rings. The van der Waals surface area contributed by atoms with E-state index in [2.05, 4.69) is 36.3 Å². The molecule has 0 bridgehead atoms. The first-order chi connectivity index (χ1) is 14.5. The summed E-state index contributed by atoms with van der Waals surface area (Å²) in [7, 11) is 0. The molecule has 1 fully saturated rings. The van der Waals surface area contributed by atoms with Gasteiger partial charge in [0.05, 0.1) is 5.69 Å². The molecule has 0 radical (unpaired) electrons. The van der Waals surface area contributed by atoms with E-state index in [0.29, 0.717) is 31.7 Å². The zero-order chi connectivity index (χ0) is 21.5. The molecule has 1 aliphatic rings. The van der Waals surface area contributed by atoms with Crippen LogP contribution in [0.25, 0.3) is 0 Å². The summed E-state index contributed by atoms with van der Waals surface area (Å²) in [6.45, 7) is 10.4. The maximum absolute atomic E-state index is 12.4. The summed E-state index contributed by atoms with van der Waals surface area (Å²) in [6.07, 6.45) is 2.26. The van der Waals surface area contributed by atoms with E-state index >= 15 is 0 Å². The third-order valence-corrected chi connectivity index (χ3v) is 6.40. The second-order valence-corrected chi connectivity index (χ2v) is 8.77. The highest BCUT2D eigenvalue weighted by Crippen LogP contribution is 2.27. The minimum Gasteiger partial charge on any atom is -0.350 e. The number of nitrogens with one attached hydrogen (secondary N) is 2. The van der Waals surface area contributed by atoms with Crippen molar-refractivity contribution in [3.8, 4) is 0 Å². The fourth-order valence-electron chi connectivity index (χ4n) is 3.30. The summed E-state index contributed by atoms with van der Waals surface area (Å²) < 4.78 is 0. The maximum atomic E-state index is 12.4. The van der Waals surface area contributed by atoms with Crippen molar-refractivity contribution in [1.82, 2.24) is 20.5 Å². The first-order valence-corrected chi connectivity index (χ1v) is 11.4. The Bertz CT molecular complexity index is 845. The molecule has 1 aromatic heterocycles. The van der Waals surface area contributed by atoms with Gasteiger partial charge in [0.1, 0.15) is 0 Å². The Labute approximate surface area is 182 Å². The van der Waals surface area contributed by atoms with Gasteiger partial charge in [0, 0.05) is 49.7 Å². The van der Waals surface area contributed by atoms with Crippen molar-refractivity contribution < 1.29 is 9.59 Å². The number of anilines is 1. The van der Waals surface area contributed by atoms with E-state index in [9.17, 15) is 9.59 Å². The maximum Gasteiger partial charge on any atom is 0.317 e. The van der Waals surface area contributed by atoms with Crippen LogP contribution >= 0.6 is 11.3 Å². The number of benzene rings is 1. The Kier molecular flexibility index (Phi) is 7.68. The largest absolute Gasteiger partial charge is 0.350 e. The normalized spacial score (nSPS) is 13.4. The fourth-order valence-corrected chi connectivity index (χ4v) is 4.23. The molecule has 2 heterocycles. The minimum atomic E-state index is -0.116. The molecule has 7 nitrogen and oxygen atoms in total. The lowest BCUT2D eigenvalue weighted by Crippen LogP contribution is -2.36. The second-order valence-electron chi connectivity index (χ2n) is 7.58. The molecule has 8 heteroatoms. The first-order valence-electron chi connectivity index (χ1n) is 10.6. The van der Waals surface area contributed by atoms with Crippen LogP contribution in [0.1, 0.15) is 46.3 Å². The summed E-state index contributed by atoms with van der Waals surface area (Å²) in [5, 5.41) is 6.71. The average molecular weight is 430 g/mol. The topological polar surface area (TPSA) is 77.6 Å². The van der Waals surface area contributed by atoms with Crippen LogP contribution in [-0.4, -0.2) is 54.5 Å². The van der Waals surface area contributed by atoms with Gasteiger partial charge >= 0.3 is 6.03 Å². The number of unbranched alkanes of at least 4 members (excludes halogenated alkanes) is 1. The summed E-state index contributed by atoms with van der Waals surface area (Å²) in [6, 6.07) is 7.68. The molecule has 3 amide bonds. The number of thiazole rings is 1. The smallest absolute Gasteiger partial charge is 0.317 e. The number of urea groups is 1. The summed E-state index contributed by atoms with van der Waals surface area (Å²) in [4.78, 5) is 33.9. The molecule has 1 aliphatic heterocycles. The quantitative estimate of drug-likeness (QED) is 0.607. The van der Waals surface area contributed by atoms with Crippen molar-refractivity contribution in [2.24, 2.45) is 0 Å². The molecule has 0 atom stereocenters. The van der Waals surface area contributed by atoms with Gasteiger partial charge in [0.25, 0.3) is 5.91 Å². The van der Waals surface area contributed by atoms with Crippen LogP contribution in [0.5, 0.6) is 0 Å². The summed E-state index contributed by atoms with van der Waals surface area (Å²) in [5.74, 6) is -0.116. The molecule has 0 spiro atoms. The lowest BCUT2D eigenvalue weighted by atomic mass is 10.1. The molecule has 162 valence electrons. The number of rotatable bonds is 10. The first kappa shape index (κ1) is 22.1. The highest BCUT2D eigenvalue weighted by molar-refractivity contribution is 7.15. The third-order valence-electron chi connectivity index (χ3n) is 5.27. The zero-order valence-corrected chi connectivity index (χ0v) is 18.8. The Morgan fingerprint density at radius 2 is 2.07 bits per heavy atom. The number of aryl methyl sites for hydroxylation is 2. The number of nitrogens with zero attached hydrogens (tertiary/aromatic N) is 3. The lowest BCUT2D eigenvalue weighted by molar-refractivity contribution is 0.0950. The van der Waals surface area contributed by atoms with Gasteiger partial charge in [0.15, 0.2) is 5.13 Å². The van der Waals surface area contributed by atoms with E-state index in [1.165, 1.54) is 4.88 Å². The Morgan fingerprint density at radius 1 is 1.30 bits per heavy atom. The number of carbonyl (C=O) groups excluding carboxylic acids is 2. The van der Waals surface area contributed by atoms with Crippen LogP contribution in [0.2, 0.25) is 0 Å². The predicted molar refractivity (Wildman–Crippen MR) is 121 cm³/mol. The van der Waals surface area contributed by atoms with Crippen LogP contribution < -0.4 is 15.5 Å². The number of hydrogen-bond donors (Lipinski definition) is 2. The van der Waals surface area contributed by atoms with Gasteiger partial charge in [0.2, 0.25) is 0 Å². The van der Waals surface area contributed by atoms with Crippen molar-refractivity contribution in [3.05, 3.63) is 46.0 Å². The lowest BCUT2D eigenvalue weighted by Gasteiger charge is -2.22. The molecule has 30 heavy (non-hydrogen) atoms. The van der Waals surface area contributed by atoms with Gasteiger partial charge < -0.3 is 20.4 Å². The van der Waals surface area contributed by atoms with Gasteiger partial charge in [-0.15, -0.1) is 11.3 Å². The van der Waals surface area contributed by atoms with Crippen molar-refractivity contribution in [2.45, 2.75) is 40.2 Å². The van der Waals surface area contributed by atoms with Gasteiger partial charge in [-0.1, -0.05) is 25.5 Å². The molecule has 1 aromatic carbocycles. The van der Waals surface area contributed by atoms with Crippen LogP contribution in [0.15, 0.2) is 24.3 Å². The van der Waals surface area contributed by atoms with Gasteiger partial charge in [-0.05, 0) is 38.0 Å². The van der Waals surface area contributed by atoms with E-state index in [0.717, 1.165) is 42.3 Å². The number of carbonyl (C=O) groups is 2. The van der Waals surface area contributed by atoms with Crippen LogP contribution in [0.4, 0.5) is 9.93 Å².